The van der Waals surface area contributed by atoms with Crippen LogP contribution < -0.4 is 10.1 Å². The van der Waals surface area contributed by atoms with E-state index in [2.05, 4.69) is 15.3 Å². The third-order valence-corrected chi connectivity index (χ3v) is 3.10. The third-order valence-electron chi connectivity index (χ3n) is 2.78. The molecule has 0 amide bonds. The van der Waals surface area contributed by atoms with Gasteiger partial charge in [-0.2, -0.15) is 0 Å². The highest BCUT2D eigenvalue weighted by atomic mass is 35.5. The summed E-state index contributed by atoms with van der Waals surface area (Å²) in [5, 5.41) is 3.87. The fraction of sp³-hybridized carbons (Fsp3) is 0.286. The molecule has 0 aliphatic carbocycles. The monoisotopic (exact) mass is 277 g/mol. The highest BCUT2D eigenvalue weighted by Crippen LogP contribution is 2.28. The molecule has 0 aromatic carbocycles. The van der Waals surface area contributed by atoms with Crippen LogP contribution in [0.3, 0.4) is 0 Å². The highest BCUT2D eigenvalue weighted by Gasteiger charge is 2.16. The van der Waals surface area contributed by atoms with Gasteiger partial charge < -0.3 is 10.1 Å². The van der Waals surface area contributed by atoms with Crippen LogP contribution in [-0.2, 0) is 0 Å². The first-order chi connectivity index (χ1) is 9.26. The van der Waals surface area contributed by atoms with Crippen LogP contribution in [0.1, 0.15) is 24.1 Å². The van der Waals surface area contributed by atoms with Gasteiger partial charge in [0, 0.05) is 18.6 Å². The lowest BCUT2D eigenvalue weighted by Crippen LogP contribution is -2.18. The lowest BCUT2D eigenvalue weighted by Gasteiger charge is -2.18. The Balaban J connectivity index is 2.37. The second-order valence-electron chi connectivity index (χ2n) is 4.01. The predicted molar refractivity (Wildman–Crippen MR) is 75.6 cm³/mol. The summed E-state index contributed by atoms with van der Waals surface area (Å²) >= 11 is 6.19. The van der Waals surface area contributed by atoms with Crippen LogP contribution >= 0.6 is 11.6 Å². The normalized spacial score (nSPS) is 12.2. The standard InChI is InChI=1S/C14H16ClN3O/c1-3-19-11-6-10(7-18-8-11)14(16-2)12-4-5-17-9-13(12)15/h4-9,14,16H,3H2,1-2H3. The van der Waals surface area contributed by atoms with E-state index in [1.165, 1.54) is 0 Å². The number of rotatable bonds is 5. The Morgan fingerprint density at radius 2 is 2.16 bits per heavy atom. The third kappa shape index (κ3) is 3.22. The van der Waals surface area contributed by atoms with Crippen molar-refractivity contribution in [2.45, 2.75) is 13.0 Å². The molecular formula is C14H16ClN3O. The van der Waals surface area contributed by atoms with Crippen molar-refractivity contribution in [1.82, 2.24) is 15.3 Å². The molecule has 4 nitrogen and oxygen atoms in total. The number of halogens is 1. The molecule has 0 bridgehead atoms. The van der Waals surface area contributed by atoms with Crippen LogP contribution in [0.5, 0.6) is 5.75 Å². The minimum Gasteiger partial charge on any atom is -0.492 e. The molecule has 0 aliphatic heterocycles. The molecule has 2 rings (SSSR count). The van der Waals surface area contributed by atoms with E-state index < -0.39 is 0 Å². The van der Waals surface area contributed by atoms with Gasteiger partial charge in [0.05, 0.1) is 23.9 Å². The van der Waals surface area contributed by atoms with E-state index in [4.69, 9.17) is 16.3 Å². The molecule has 0 saturated heterocycles. The Hall–Kier alpha value is -1.65. The molecule has 2 aromatic heterocycles. The second-order valence-corrected chi connectivity index (χ2v) is 4.41. The summed E-state index contributed by atoms with van der Waals surface area (Å²) in [5.41, 5.74) is 1.97. The van der Waals surface area contributed by atoms with Crippen molar-refractivity contribution in [2.24, 2.45) is 0 Å². The summed E-state index contributed by atoms with van der Waals surface area (Å²) < 4.78 is 5.47. The fourth-order valence-corrected chi connectivity index (χ4v) is 2.19. The number of pyridine rings is 2. The van der Waals surface area contributed by atoms with Gasteiger partial charge >= 0.3 is 0 Å². The predicted octanol–water partition coefficient (Wildman–Crippen LogP) is 2.84. The number of aromatic nitrogens is 2. The van der Waals surface area contributed by atoms with E-state index in [-0.39, 0.29) is 6.04 Å². The average Bonchev–Trinajstić information content (AvgIpc) is 2.43. The Kier molecular flexibility index (Phi) is 4.71. The van der Waals surface area contributed by atoms with Gasteiger partial charge in [-0.15, -0.1) is 0 Å². The minimum atomic E-state index is -0.0385. The quantitative estimate of drug-likeness (QED) is 0.913. The van der Waals surface area contributed by atoms with Crippen molar-refractivity contribution in [3.05, 3.63) is 53.1 Å². The van der Waals surface area contributed by atoms with Gasteiger partial charge in [0.15, 0.2) is 0 Å². The van der Waals surface area contributed by atoms with E-state index in [1.54, 1.807) is 24.8 Å². The summed E-state index contributed by atoms with van der Waals surface area (Å²) in [6.45, 7) is 2.56. The summed E-state index contributed by atoms with van der Waals surface area (Å²) in [6, 6.07) is 3.83. The van der Waals surface area contributed by atoms with Crippen molar-refractivity contribution >= 4 is 11.6 Å². The van der Waals surface area contributed by atoms with E-state index >= 15 is 0 Å². The van der Waals surface area contributed by atoms with Gasteiger partial charge in [-0.25, -0.2) is 0 Å². The van der Waals surface area contributed by atoms with Crippen molar-refractivity contribution < 1.29 is 4.74 Å². The van der Waals surface area contributed by atoms with Gasteiger partial charge in [0.1, 0.15) is 5.75 Å². The maximum Gasteiger partial charge on any atom is 0.137 e. The molecule has 0 fully saturated rings. The van der Waals surface area contributed by atoms with Crippen molar-refractivity contribution in [1.29, 1.82) is 0 Å². The highest BCUT2D eigenvalue weighted by molar-refractivity contribution is 6.31. The van der Waals surface area contributed by atoms with Gasteiger partial charge in [-0.3, -0.25) is 9.97 Å². The average molecular weight is 278 g/mol. The van der Waals surface area contributed by atoms with Gasteiger partial charge in [-0.1, -0.05) is 11.6 Å². The Morgan fingerprint density at radius 1 is 1.32 bits per heavy atom. The molecule has 100 valence electrons. The summed E-state index contributed by atoms with van der Waals surface area (Å²) in [7, 11) is 1.88. The summed E-state index contributed by atoms with van der Waals surface area (Å²) in [4.78, 5) is 8.21. The molecular weight excluding hydrogens is 262 g/mol. The minimum absolute atomic E-state index is 0.0385. The fourth-order valence-electron chi connectivity index (χ4n) is 1.96. The Labute approximate surface area is 117 Å². The number of nitrogens with zero attached hydrogens (tertiary/aromatic N) is 2. The van der Waals surface area contributed by atoms with Crippen LogP contribution in [0.15, 0.2) is 36.9 Å². The van der Waals surface area contributed by atoms with Crippen LogP contribution in [0.4, 0.5) is 0 Å². The van der Waals surface area contributed by atoms with E-state index in [0.717, 1.165) is 16.9 Å². The molecule has 5 heteroatoms. The van der Waals surface area contributed by atoms with E-state index in [9.17, 15) is 0 Å². The topological polar surface area (TPSA) is 47.0 Å². The first-order valence-electron chi connectivity index (χ1n) is 6.10. The first kappa shape index (κ1) is 13.8. The summed E-state index contributed by atoms with van der Waals surface area (Å²) in [5.74, 6) is 0.755. The SMILES string of the molecule is CCOc1cncc(C(NC)c2ccncc2Cl)c1. The molecule has 0 radical (unpaired) electrons. The maximum absolute atomic E-state index is 6.19. The maximum atomic E-state index is 6.19. The number of ether oxygens (including phenoxy) is 1. The Morgan fingerprint density at radius 3 is 2.84 bits per heavy atom. The zero-order valence-electron chi connectivity index (χ0n) is 10.9. The van der Waals surface area contributed by atoms with Gasteiger partial charge in [0.25, 0.3) is 0 Å². The van der Waals surface area contributed by atoms with Gasteiger partial charge in [0.2, 0.25) is 0 Å². The number of nitrogens with one attached hydrogen (secondary N) is 1. The smallest absolute Gasteiger partial charge is 0.137 e. The molecule has 0 saturated carbocycles. The molecule has 0 spiro atoms. The molecule has 0 aliphatic rings. The van der Waals surface area contributed by atoms with Crippen molar-refractivity contribution in [3.63, 3.8) is 0 Å². The lowest BCUT2D eigenvalue weighted by molar-refractivity contribution is 0.338. The van der Waals surface area contributed by atoms with Crippen LogP contribution in [-0.4, -0.2) is 23.6 Å². The van der Waals surface area contributed by atoms with E-state index in [1.807, 2.05) is 26.1 Å². The second kappa shape index (κ2) is 6.50. The lowest BCUT2D eigenvalue weighted by atomic mass is 10.0. The summed E-state index contributed by atoms with van der Waals surface area (Å²) in [6.07, 6.45) is 6.88. The molecule has 1 N–H and O–H groups in total. The van der Waals surface area contributed by atoms with Crippen LogP contribution in [0.25, 0.3) is 0 Å². The molecule has 1 atom stereocenters. The van der Waals surface area contributed by atoms with Crippen LogP contribution in [0.2, 0.25) is 5.02 Å². The van der Waals surface area contributed by atoms with Crippen LogP contribution in [0, 0.1) is 0 Å². The van der Waals surface area contributed by atoms with Crippen molar-refractivity contribution in [2.75, 3.05) is 13.7 Å². The number of hydrogen-bond acceptors (Lipinski definition) is 4. The molecule has 2 heterocycles. The largest absolute Gasteiger partial charge is 0.492 e. The zero-order chi connectivity index (χ0) is 13.7. The number of hydrogen-bond donors (Lipinski definition) is 1. The zero-order valence-corrected chi connectivity index (χ0v) is 11.7. The van der Waals surface area contributed by atoms with Gasteiger partial charge in [-0.05, 0) is 37.2 Å². The Bertz CT molecular complexity index is 548. The first-order valence-corrected chi connectivity index (χ1v) is 6.48. The molecule has 1 unspecified atom stereocenters. The van der Waals surface area contributed by atoms with Crippen molar-refractivity contribution in [3.8, 4) is 5.75 Å². The molecule has 19 heavy (non-hydrogen) atoms. The van der Waals surface area contributed by atoms with E-state index in [0.29, 0.717) is 11.6 Å². The molecule has 2 aromatic rings.